The lowest BCUT2D eigenvalue weighted by Gasteiger charge is -2.10. The van der Waals surface area contributed by atoms with Crippen LogP contribution in [0.3, 0.4) is 0 Å². The molecule has 4 nitrogen and oxygen atoms in total. The van der Waals surface area contributed by atoms with Crippen LogP contribution in [0.25, 0.3) is 0 Å². The summed E-state index contributed by atoms with van der Waals surface area (Å²) in [6.45, 7) is 2.33. The smallest absolute Gasteiger partial charge is 0.237 e. The van der Waals surface area contributed by atoms with E-state index in [-0.39, 0.29) is 24.9 Å². The van der Waals surface area contributed by atoms with Crippen molar-refractivity contribution >= 4 is 18.3 Å². The van der Waals surface area contributed by atoms with Gasteiger partial charge in [-0.25, -0.2) is 0 Å². The fourth-order valence-corrected chi connectivity index (χ4v) is 1.34. The van der Waals surface area contributed by atoms with Crippen molar-refractivity contribution in [3.05, 3.63) is 35.4 Å². The van der Waals surface area contributed by atoms with Crippen LogP contribution in [0.4, 0.5) is 0 Å². The van der Waals surface area contributed by atoms with Gasteiger partial charge in [-0.1, -0.05) is 31.2 Å². The molecular formula is C12H19ClN2O2. The van der Waals surface area contributed by atoms with E-state index in [1.165, 1.54) is 0 Å². The highest BCUT2D eigenvalue weighted by atomic mass is 35.5. The zero-order chi connectivity index (χ0) is 12.0. The summed E-state index contributed by atoms with van der Waals surface area (Å²) >= 11 is 0. The minimum Gasteiger partial charge on any atom is -0.392 e. The van der Waals surface area contributed by atoms with Crippen LogP contribution in [-0.4, -0.2) is 17.1 Å². The highest BCUT2D eigenvalue weighted by molar-refractivity contribution is 5.85. The highest BCUT2D eigenvalue weighted by Gasteiger charge is 2.09. The molecule has 0 heterocycles. The molecule has 1 rings (SSSR count). The van der Waals surface area contributed by atoms with E-state index in [4.69, 9.17) is 10.8 Å². The lowest BCUT2D eigenvalue weighted by atomic mass is 10.1. The van der Waals surface area contributed by atoms with E-state index < -0.39 is 6.04 Å². The monoisotopic (exact) mass is 258 g/mol. The summed E-state index contributed by atoms with van der Waals surface area (Å²) in [6.07, 6.45) is 0.627. The van der Waals surface area contributed by atoms with Crippen molar-refractivity contribution in [1.29, 1.82) is 0 Å². The van der Waals surface area contributed by atoms with Crippen LogP contribution in [0.5, 0.6) is 0 Å². The van der Waals surface area contributed by atoms with E-state index >= 15 is 0 Å². The fourth-order valence-electron chi connectivity index (χ4n) is 1.34. The Morgan fingerprint density at radius 3 is 2.71 bits per heavy atom. The third-order valence-electron chi connectivity index (χ3n) is 2.42. The van der Waals surface area contributed by atoms with Gasteiger partial charge in [-0.2, -0.15) is 0 Å². The van der Waals surface area contributed by atoms with Crippen LogP contribution in [-0.2, 0) is 17.9 Å². The molecule has 0 aliphatic rings. The fraction of sp³-hybridized carbons (Fsp3) is 0.417. The summed E-state index contributed by atoms with van der Waals surface area (Å²) in [7, 11) is 0. The number of rotatable bonds is 5. The SMILES string of the molecule is CC[C@H](N)C(=O)NCc1cccc(CO)c1.Cl. The van der Waals surface area contributed by atoms with Gasteiger partial charge in [0.05, 0.1) is 12.6 Å². The number of carbonyl (C=O) groups is 1. The molecule has 96 valence electrons. The second kappa shape index (κ2) is 8.06. The molecule has 0 saturated heterocycles. The first-order valence-electron chi connectivity index (χ1n) is 5.39. The number of halogens is 1. The zero-order valence-electron chi connectivity index (χ0n) is 9.85. The number of carbonyl (C=O) groups excluding carboxylic acids is 1. The second-order valence-corrected chi connectivity index (χ2v) is 3.71. The Bertz CT molecular complexity index is 358. The summed E-state index contributed by atoms with van der Waals surface area (Å²) < 4.78 is 0. The molecule has 17 heavy (non-hydrogen) atoms. The van der Waals surface area contributed by atoms with Crippen LogP contribution >= 0.6 is 12.4 Å². The Hall–Kier alpha value is -1.10. The summed E-state index contributed by atoms with van der Waals surface area (Å²) in [5.41, 5.74) is 7.39. The Labute approximate surface area is 108 Å². The maximum absolute atomic E-state index is 11.4. The molecule has 1 atom stereocenters. The average molecular weight is 259 g/mol. The third-order valence-corrected chi connectivity index (χ3v) is 2.42. The van der Waals surface area contributed by atoms with Gasteiger partial charge in [0.25, 0.3) is 0 Å². The molecular weight excluding hydrogens is 240 g/mol. The summed E-state index contributed by atoms with van der Waals surface area (Å²) in [4.78, 5) is 11.4. The maximum Gasteiger partial charge on any atom is 0.237 e. The number of hydrogen-bond donors (Lipinski definition) is 3. The number of aliphatic hydroxyl groups excluding tert-OH is 1. The quantitative estimate of drug-likeness (QED) is 0.736. The van der Waals surface area contributed by atoms with E-state index in [2.05, 4.69) is 5.32 Å². The van der Waals surface area contributed by atoms with Crippen molar-refractivity contribution in [3.8, 4) is 0 Å². The van der Waals surface area contributed by atoms with Gasteiger partial charge in [0.15, 0.2) is 0 Å². The van der Waals surface area contributed by atoms with Crippen LogP contribution in [0, 0.1) is 0 Å². The number of hydrogen-bond acceptors (Lipinski definition) is 3. The van der Waals surface area contributed by atoms with Gasteiger partial charge in [0.1, 0.15) is 0 Å². The normalized spacial score (nSPS) is 11.5. The number of nitrogens with two attached hydrogens (primary N) is 1. The van der Waals surface area contributed by atoms with Crippen LogP contribution < -0.4 is 11.1 Å². The van der Waals surface area contributed by atoms with Crippen molar-refractivity contribution in [3.63, 3.8) is 0 Å². The lowest BCUT2D eigenvalue weighted by Crippen LogP contribution is -2.39. The van der Waals surface area contributed by atoms with Crippen molar-refractivity contribution in [2.24, 2.45) is 5.73 Å². The van der Waals surface area contributed by atoms with Gasteiger partial charge in [-0.15, -0.1) is 12.4 Å². The van der Waals surface area contributed by atoms with Gasteiger partial charge >= 0.3 is 0 Å². The minimum absolute atomic E-state index is 0. The van der Waals surface area contributed by atoms with E-state index in [0.717, 1.165) is 11.1 Å². The molecule has 0 unspecified atom stereocenters. The first kappa shape index (κ1) is 15.9. The molecule has 1 aromatic rings. The van der Waals surface area contributed by atoms with Crippen LogP contribution in [0.15, 0.2) is 24.3 Å². The topological polar surface area (TPSA) is 75.4 Å². The number of benzene rings is 1. The zero-order valence-corrected chi connectivity index (χ0v) is 10.7. The summed E-state index contributed by atoms with van der Waals surface area (Å²) in [5, 5.41) is 11.7. The maximum atomic E-state index is 11.4. The Morgan fingerprint density at radius 2 is 2.12 bits per heavy atom. The molecule has 5 heteroatoms. The largest absolute Gasteiger partial charge is 0.392 e. The molecule has 0 fully saturated rings. The Kier molecular flexibility index (Phi) is 7.54. The van der Waals surface area contributed by atoms with Gasteiger partial charge in [0, 0.05) is 6.54 Å². The third kappa shape index (κ3) is 5.17. The molecule has 0 aromatic heterocycles. The summed E-state index contributed by atoms with van der Waals surface area (Å²) in [6, 6.07) is 7.01. The van der Waals surface area contributed by atoms with Crippen molar-refractivity contribution in [2.45, 2.75) is 32.5 Å². The van der Waals surface area contributed by atoms with Crippen LogP contribution in [0.1, 0.15) is 24.5 Å². The molecule has 0 aliphatic carbocycles. The second-order valence-electron chi connectivity index (χ2n) is 3.71. The van der Waals surface area contributed by atoms with Crippen LogP contribution in [0.2, 0.25) is 0 Å². The van der Waals surface area contributed by atoms with Crippen molar-refractivity contribution in [1.82, 2.24) is 5.32 Å². The first-order valence-corrected chi connectivity index (χ1v) is 5.39. The van der Waals surface area contributed by atoms with Gasteiger partial charge in [-0.3, -0.25) is 4.79 Å². The van der Waals surface area contributed by atoms with Crippen molar-refractivity contribution < 1.29 is 9.90 Å². The van der Waals surface area contributed by atoms with E-state index in [9.17, 15) is 4.79 Å². The van der Waals surface area contributed by atoms with Gasteiger partial charge in [-0.05, 0) is 17.5 Å². The summed E-state index contributed by atoms with van der Waals surface area (Å²) in [5.74, 6) is -0.142. The number of nitrogens with one attached hydrogen (secondary N) is 1. The molecule has 0 radical (unpaired) electrons. The molecule has 0 saturated carbocycles. The average Bonchev–Trinajstić information content (AvgIpc) is 2.35. The first-order chi connectivity index (χ1) is 7.67. The van der Waals surface area contributed by atoms with E-state index in [1.54, 1.807) is 0 Å². The molecule has 4 N–H and O–H groups in total. The highest BCUT2D eigenvalue weighted by Crippen LogP contribution is 2.04. The minimum atomic E-state index is -0.443. The Morgan fingerprint density at radius 1 is 1.47 bits per heavy atom. The number of amides is 1. The molecule has 0 spiro atoms. The van der Waals surface area contributed by atoms with Crippen molar-refractivity contribution in [2.75, 3.05) is 0 Å². The molecule has 1 amide bonds. The van der Waals surface area contributed by atoms with E-state index in [0.29, 0.717) is 13.0 Å². The van der Waals surface area contributed by atoms with E-state index in [1.807, 2.05) is 31.2 Å². The number of aliphatic hydroxyl groups is 1. The molecule has 0 bridgehead atoms. The van der Waals surface area contributed by atoms with Gasteiger partial charge < -0.3 is 16.2 Å². The standard InChI is InChI=1S/C12H18N2O2.ClH/c1-2-11(13)12(16)14-7-9-4-3-5-10(6-9)8-15;/h3-6,11,15H,2,7-8,13H2,1H3,(H,14,16);1H/t11-;/m0./s1. The predicted octanol–water partition coefficient (Wildman–Crippen LogP) is 0.954. The molecule has 0 aliphatic heterocycles. The predicted molar refractivity (Wildman–Crippen MR) is 69.7 cm³/mol. The molecule has 1 aromatic carbocycles. The van der Waals surface area contributed by atoms with Gasteiger partial charge in [0.2, 0.25) is 5.91 Å². The Balaban J connectivity index is 0.00000256. The lowest BCUT2D eigenvalue weighted by molar-refractivity contribution is -0.122.